The highest BCUT2D eigenvalue weighted by atomic mass is 15.2. The lowest BCUT2D eigenvalue weighted by Crippen LogP contribution is -2.53. The van der Waals surface area contributed by atoms with Crippen LogP contribution in [0.2, 0.25) is 0 Å². The number of nitrogens with zero attached hydrogens (tertiary/aromatic N) is 1. The molecule has 0 aromatic rings. The normalized spacial score (nSPS) is 27.6. The monoisotopic (exact) mass is 196 g/mol. The van der Waals surface area contributed by atoms with Gasteiger partial charge in [0.05, 0.1) is 0 Å². The fourth-order valence-corrected chi connectivity index (χ4v) is 2.93. The van der Waals surface area contributed by atoms with E-state index in [2.05, 4.69) is 31.0 Å². The summed E-state index contributed by atoms with van der Waals surface area (Å²) in [6.07, 6.45) is 2.93. The van der Waals surface area contributed by atoms with Crippen LogP contribution in [0.15, 0.2) is 0 Å². The minimum absolute atomic E-state index is 0.457. The minimum Gasteiger partial charge on any atom is -0.314 e. The average Bonchev–Trinajstić information content (AvgIpc) is 2.88. The van der Waals surface area contributed by atoms with Crippen molar-refractivity contribution in [3.05, 3.63) is 0 Å². The Morgan fingerprint density at radius 1 is 1.14 bits per heavy atom. The third-order valence-corrected chi connectivity index (χ3v) is 3.50. The van der Waals surface area contributed by atoms with Crippen LogP contribution in [0.1, 0.15) is 33.6 Å². The minimum atomic E-state index is 0.457. The third-order valence-electron chi connectivity index (χ3n) is 3.50. The lowest BCUT2D eigenvalue weighted by Gasteiger charge is -2.42. The van der Waals surface area contributed by atoms with Crippen LogP contribution < -0.4 is 5.32 Å². The summed E-state index contributed by atoms with van der Waals surface area (Å²) in [7, 11) is 0. The second-order valence-electron chi connectivity index (χ2n) is 5.93. The van der Waals surface area contributed by atoms with Gasteiger partial charge in [0.2, 0.25) is 0 Å². The van der Waals surface area contributed by atoms with Gasteiger partial charge < -0.3 is 5.32 Å². The summed E-state index contributed by atoms with van der Waals surface area (Å²) in [6.45, 7) is 12.1. The topological polar surface area (TPSA) is 15.3 Å². The molecule has 2 heteroatoms. The van der Waals surface area contributed by atoms with E-state index in [0.29, 0.717) is 5.41 Å². The van der Waals surface area contributed by atoms with Crippen LogP contribution in [0.4, 0.5) is 0 Å². The Hall–Kier alpha value is -0.0800. The maximum Gasteiger partial charge on any atom is 0.0173 e. The summed E-state index contributed by atoms with van der Waals surface area (Å²) >= 11 is 0. The van der Waals surface area contributed by atoms with Crippen LogP contribution in [-0.4, -0.2) is 37.1 Å². The molecule has 0 amide bonds. The smallest absolute Gasteiger partial charge is 0.0173 e. The molecule has 2 rings (SSSR count). The van der Waals surface area contributed by atoms with Crippen molar-refractivity contribution >= 4 is 0 Å². The number of rotatable bonds is 2. The number of piperazine rings is 1. The quantitative estimate of drug-likeness (QED) is 0.723. The predicted molar refractivity (Wildman–Crippen MR) is 60.4 cm³/mol. The average molecular weight is 196 g/mol. The molecule has 82 valence electrons. The molecule has 0 spiro atoms. The molecule has 1 heterocycles. The van der Waals surface area contributed by atoms with Crippen molar-refractivity contribution < 1.29 is 0 Å². The zero-order valence-corrected chi connectivity index (χ0v) is 9.84. The van der Waals surface area contributed by atoms with Gasteiger partial charge in [0.25, 0.3) is 0 Å². The van der Waals surface area contributed by atoms with Gasteiger partial charge in [-0.05, 0) is 24.2 Å². The molecule has 1 saturated heterocycles. The molecule has 1 N–H and O–H groups in total. The first-order chi connectivity index (χ1) is 6.59. The van der Waals surface area contributed by atoms with Gasteiger partial charge in [-0.3, -0.25) is 4.90 Å². The maximum atomic E-state index is 3.44. The van der Waals surface area contributed by atoms with Gasteiger partial charge in [-0.15, -0.1) is 0 Å². The number of nitrogens with one attached hydrogen (secondary N) is 1. The predicted octanol–water partition coefficient (Wildman–Crippen LogP) is 1.72. The number of hydrogen-bond acceptors (Lipinski definition) is 2. The van der Waals surface area contributed by atoms with Gasteiger partial charge in [-0.1, -0.05) is 20.8 Å². The zero-order chi connectivity index (χ0) is 10.2. The molecule has 0 radical (unpaired) electrons. The summed E-state index contributed by atoms with van der Waals surface area (Å²) in [4.78, 5) is 2.72. The van der Waals surface area contributed by atoms with Crippen LogP contribution in [0.5, 0.6) is 0 Å². The van der Waals surface area contributed by atoms with E-state index in [0.717, 1.165) is 12.0 Å². The SMILES string of the molecule is CC(C)(C)C(C1CC1)N1CCNCC1. The summed E-state index contributed by atoms with van der Waals surface area (Å²) < 4.78 is 0. The van der Waals surface area contributed by atoms with E-state index in [9.17, 15) is 0 Å². The summed E-state index contributed by atoms with van der Waals surface area (Å²) in [5.74, 6) is 0.994. The molecule has 1 unspecified atom stereocenters. The van der Waals surface area contributed by atoms with E-state index < -0.39 is 0 Å². The van der Waals surface area contributed by atoms with E-state index in [1.54, 1.807) is 0 Å². The molecule has 1 aliphatic heterocycles. The van der Waals surface area contributed by atoms with E-state index >= 15 is 0 Å². The molecule has 2 nitrogen and oxygen atoms in total. The Morgan fingerprint density at radius 2 is 1.71 bits per heavy atom. The molecule has 1 saturated carbocycles. The molecule has 0 aromatic carbocycles. The molecule has 1 aliphatic carbocycles. The van der Waals surface area contributed by atoms with Gasteiger partial charge in [-0.25, -0.2) is 0 Å². The van der Waals surface area contributed by atoms with E-state index in [1.165, 1.54) is 39.0 Å². The molecule has 0 bridgehead atoms. The first-order valence-electron chi connectivity index (χ1n) is 6.04. The van der Waals surface area contributed by atoms with E-state index in [1.807, 2.05) is 0 Å². The van der Waals surface area contributed by atoms with Crippen molar-refractivity contribution in [3.63, 3.8) is 0 Å². The Balaban J connectivity index is 2.01. The summed E-state index contributed by atoms with van der Waals surface area (Å²) in [5, 5.41) is 3.44. The van der Waals surface area contributed by atoms with Gasteiger partial charge in [0, 0.05) is 32.2 Å². The molecule has 1 atom stereocenters. The Labute approximate surface area is 88.1 Å². The van der Waals surface area contributed by atoms with Crippen LogP contribution in [0.3, 0.4) is 0 Å². The second-order valence-corrected chi connectivity index (χ2v) is 5.93. The van der Waals surface area contributed by atoms with Gasteiger partial charge in [-0.2, -0.15) is 0 Å². The highest BCUT2D eigenvalue weighted by Gasteiger charge is 2.42. The highest BCUT2D eigenvalue weighted by molar-refractivity contribution is 4.96. The van der Waals surface area contributed by atoms with Crippen molar-refractivity contribution in [1.82, 2.24) is 10.2 Å². The molecule has 2 fully saturated rings. The fourth-order valence-electron chi connectivity index (χ4n) is 2.93. The Morgan fingerprint density at radius 3 is 2.14 bits per heavy atom. The molecular formula is C12H24N2. The molecule has 0 aromatic heterocycles. The zero-order valence-electron chi connectivity index (χ0n) is 9.84. The lowest BCUT2D eigenvalue weighted by atomic mass is 9.82. The third kappa shape index (κ3) is 2.29. The van der Waals surface area contributed by atoms with Crippen molar-refractivity contribution in [2.45, 2.75) is 39.7 Å². The van der Waals surface area contributed by atoms with Crippen LogP contribution in [0, 0.1) is 11.3 Å². The van der Waals surface area contributed by atoms with Crippen LogP contribution in [-0.2, 0) is 0 Å². The van der Waals surface area contributed by atoms with E-state index in [4.69, 9.17) is 0 Å². The number of hydrogen-bond donors (Lipinski definition) is 1. The van der Waals surface area contributed by atoms with Gasteiger partial charge >= 0.3 is 0 Å². The molecule has 2 aliphatic rings. The Bertz CT molecular complexity index is 185. The molecule has 14 heavy (non-hydrogen) atoms. The fraction of sp³-hybridized carbons (Fsp3) is 1.00. The summed E-state index contributed by atoms with van der Waals surface area (Å²) in [6, 6.07) is 0.824. The lowest BCUT2D eigenvalue weighted by molar-refractivity contribution is 0.0701. The standard InChI is InChI=1S/C12H24N2/c1-12(2,3)11(10-4-5-10)14-8-6-13-7-9-14/h10-11,13H,4-9H2,1-3H3. The maximum absolute atomic E-state index is 3.44. The van der Waals surface area contributed by atoms with Crippen molar-refractivity contribution in [2.75, 3.05) is 26.2 Å². The van der Waals surface area contributed by atoms with Gasteiger partial charge in [0.1, 0.15) is 0 Å². The van der Waals surface area contributed by atoms with E-state index in [-0.39, 0.29) is 0 Å². The van der Waals surface area contributed by atoms with Crippen LogP contribution >= 0.6 is 0 Å². The first-order valence-corrected chi connectivity index (χ1v) is 6.04. The first kappa shape index (κ1) is 10.4. The van der Waals surface area contributed by atoms with Crippen molar-refractivity contribution in [1.29, 1.82) is 0 Å². The van der Waals surface area contributed by atoms with Crippen LogP contribution in [0.25, 0.3) is 0 Å². The Kier molecular flexibility index (Phi) is 2.85. The largest absolute Gasteiger partial charge is 0.314 e. The highest BCUT2D eigenvalue weighted by Crippen LogP contribution is 2.43. The van der Waals surface area contributed by atoms with Crippen molar-refractivity contribution in [2.24, 2.45) is 11.3 Å². The molecular weight excluding hydrogens is 172 g/mol. The second kappa shape index (κ2) is 3.82. The summed E-state index contributed by atoms with van der Waals surface area (Å²) in [5.41, 5.74) is 0.457. The van der Waals surface area contributed by atoms with Gasteiger partial charge in [0.15, 0.2) is 0 Å². The van der Waals surface area contributed by atoms with Crippen molar-refractivity contribution in [3.8, 4) is 0 Å².